The minimum absolute atomic E-state index is 0.0597. The van der Waals surface area contributed by atoms with Crippen molar-refractivity contribution in [2.75, 3.05) is 0 Å². The number of hydrogen-bond acceptors (Lipinski definition) is 4. The first-order valence-corrected chi connectivity index (χ1v) is 12.4. The van der Waals surface area contributed by atoms with Crippen molar-refractivity contribution >= 4 is 18.9 Å². The molecular formula is C26H39BN2O4. The van der Waals surface area contributed by atoms with E-state index in [1.807, 2.05) is 30.3 Å². The van der Waals surface area contributed by atoms with E-state index in [2.05, 4.69) is 45.3 Å². The van der Waals surface area contributed by atoms with Gasteiger partial charge in [0.05, 0.1) is 17.6 Å². The molecule has 6 atom stereocenters. The molecule has 4 fully saturated rings. The van der Waals surface area contributed by atoms with Crippen molar-refractivity contribution in [3.63, 3.8) is 0 Å². The molecule has 7 heteroatoms. The molecule has 6 nitrogen and oxygen atoms in total. The fourth-order valence-corrected chi connectivity index (χ4v) is 6.25. The molecular weight excluding hydrogens is 415 g/mol. The first-order chi connectivity index (χ1) is 15.5. The van der Waals surface area contributed by atoms with Gasteiger partial charge in [0.25, 0.3) is 0 Å². The van der Waals surface area contributed by atoms with Crippen molar-refractivity contribution in [3.05, 3.63) is 35.9 Å². The van der Waals surface area contributed by atoms with Crippen LogP contribution in [0.5, 0.6) is 0 Å². The van der Waals surface area contributed by atoms with Crippen molar-refractivity contribution in [1.29, 1.82) is 0 Å². The monoisotopic (exact) mass is 454 g/mol. The van der Waals surface area contributed by atoms with Gasteiger partial charge in [0, 0.05) is 13.3 Å². The van der Waals surface area contributed by atoms with Crippen LogP contribution in [0.2, 0.25) is 0 Å². The first kappa shape index (κ1) is 24.3. The Kier molecular flexibility index (Phi) is 6.67. The number of carbonyl (C=O) groups is 2. The van der Waals surface area contributed by atoms with Gasteiger partial charge in [-0.05, 0) is 54.9 Å². The van der Waals surface area contributed by atoms with E-state index < -0.39 is 13.2 Å². The van der Waals surface area contributed by atoms with Crippen molar-refractivity contribution in [3.8, 4) is 0 Å². The highest BCUT2D eigenvalue weighted by atomic mass is 16.7. The lowest BCUT2D eigenvalue weighted by Gasteiger charge is -2.63. The van der Waals surface area contributed by atoms with Gasteiger partial charge in [-0.2, -0.15) is 0 Å². The molecule has 3 aliphatic carbocycles. The molecule has 0 radical (unpaired) electrons. The number of rotatable bonds is 8. The molecule has 33 heavy (non-hydrogen) atoms. The normalized spacial score (nSPS) is 31.4. The van der Waals surface area contributed by atoms with Crippen LogP contribution in [0, 0.1) is 23.2 Å². The summed E-state index contributed by atoms with van der Waals surface area (Å²) in [6.45, 7) is 12.6. The molecule has 5 rings (SSSR count). The first-order valence-electron chi connectivity index (χ1n) is 12.4. The minimum atomic E-state index is -0.648. The molecule has 1 aromatic rings. The van der Waals surface area contributed by atoms with Crippen LogP contribution in [0.25, 0.3) is 0 Å². The molecule has 2 bridgehead atoms. The number of carbonyl (C=O) groups excluding carboxylic acids is 2. The summed E-state index contributed by atoms with van der Waals surface area (Å²) < 4.78 is 13.1. The van der Waals surface area contributed by atoms with Gasteiger partial charge < -0.3 is 19.9 Å². The Hall–Kier alpha value is -1.86. The van der Waals surface area contributed by atoms with Crippen LogP contribution < -0.4 is 10.6 Å². The number of amides is 2. The van der Waals surface area contributed by atoms with Crippen LogP contribution in [-0.4, -0.2) is 42.6 Å². The van der Waals surface area contributed by atoms with Crippen LogP contribution in [0.3, 0.4) is 0 Å². The van der Waals surface area contributed by atoms with Gasteiger partial charge in [-0.3, -0.25) is 9.59 Å². The van der Waals surface area contributed by atoms with Gasteiger partial charge in [-0.1, -0.05) is 58.0 Å². The maximum Gasteiger partial charge on any atom is 0.481 e. The largest absolute Gasteiger partial charge is 0.481 e. The summed E-state index contributed by atoms with van der Waals surface area (Å²) in [5.41, 5.74) is 0.987. The van der Waals surface area contributed by atoms with E-state index in [0.29, 0.717) is 24.2 Å². The lowest BCUT2D eigenvalue weighted by atomic mass is 9.45. The number of hydrogen-bond donors (Lipinski definition) is 2. The van der Waals surface area contributed by atoms with E-state index >= 15 is 0 Å². The third-order valence-electron chi connectivity index (χ3n) is 8.19. The van der Waals surface area contributed by atoms with Crippen LogP contribution in [0.4, 0.5) is 0 Å². The van der Waals surface area contributed by atoms with E-state index in [0.717, 1.165) is 18.4 Å². The van der Waals surface area contributed by atoms with Crippen LogP contribution in [0.15, 0.2) is 30.3 Å². The maximum absolute atomic E-state index is 13.4. The molecule has 0 aromatic heterocycles. The Labute approximate surface area is 198 Å². The highest BCUT2D eigenvalue weighted by molar-refractivity contribution is 6.47. The summed E-state index contributed by atoms with van der Waals surface area (Å²) in [7, 11) is -0.476. The van der Waals surface area contributed by atoms with Crippen LogP contribution >= 0.6 is 0 Å². The van der Waals surface area contributed by atoms with Gasteiger partial charge in [0.1, 0.15) is 6.04 Å². The molecule has 2 amide bonds. The fraction of sp³-hybridized carbons (Fsp3) is 0.692. The molecule has 1 heterocycles. The van der Waals surface area contributed by atoms with Gasteiger partial charge >= 0.3 is 7.12 Å². The SMILES string of the molecule is CC(=O)N[C@@H](Cc1ccccc1)C(=O)N[C@@H](CC(C)C)B1O[C@@H]2[C@@H]3C[C@H](C[C@]2(C)O1)C3(C)C. The summed E-state index contributed by atoms with van der Waals surface area (Å²) in [5.74, 6) is 0.826. The highest BCUT2D eigenvalue weighted by Crippen LogP contribution is 2.64. The minimum Gasteiger partial charge on any atom is -0.404 e. The average molecular weight is 454 g/mol. The summed E-state index contributed by atoms with van der Waals surface area (Å²) >= 11 is 0. The second kappa shape index (κ2) is 9.07. The predicted octanol–water partition coefficient (Wildman–Crippen LogP) is 3.53. The maximum atomic E-state index is 13.4. The predicted molar refractivity (Wildman–Crippen MR) is 129 cm³/mol. The van der Waals surface area contributed by atoms with E-state index in [9.17, 15) is 9.59 Å². The van der Waals surface area contributed by atoms with Gasteiger partial charge in [0.15, 0.2) is 0 Å². The van der Waals surface area contributed by atoms with Gasteiger partial charge in [0.2, 0.25) is 11.8 Å². The Balaban J connectivity index is 1.49. The Morgan fingerprint density at radius 1 is 1.15 bits per heavy atom. The smallest absolute Gasteiger partial charge is 0.404 e. The molecule has 1 saturated heterocycles. The molecule has 1 aromatic carbocycles. The van der Waals surface area contributed by atoms with Crippen molar-refractivity contribution in [1.82, 2.24) is 10.6 Å². The van der Waals surface area contributed by atoms with E-state index in [1.54, 1.807) is 0 Å². The van der Waals surface area contributed by atoms with E-state index in [4.69, 9.17) is 9.31 Å². The quantitative estimate of drug-likeness (QED) is 0.590. The Morgan fingerprint density at radius 3 is 2.45 bits per heavy atom. The van der Waals surface area contributed by atoms with Crippen LogP contribution in [-0.2, 0) is 25.3 Å². The molecule has 1 aliphatic heterocycles. The Morgan fingerprint density at radius 2 is 1.85 bits per heavy atom. The average Bonchev–Trinajstić information content (AvgIpc) is 3.10. The second-order valence-electron chi connectivity index (χ2n) is 11.6. The van der Waals surface area contributed by atoms with Crippen molar-refractivity contribution in [2.45, 2.75) is 90.9 Å². The molecule has 0 spiro atoms. The molecule has 2 N–H and O–H groups in total. The highest BCUT2D eigenvalue weighted by Gasteiger charge is 2.67. The van der Waals surface area contributed by atoms with Gasteiger partial charge in [-0.25, -0.2) is 0 Å². The van der Waals surface area contributed by atoms with Crippen molar-refractivity contribution in [2.24, 2.45) is 23.2 Å². The zero-order valence-electron chi connectivity index (χ0n) is 20.9. The fourth-order valence-electron chi connectivity index (χ4n) is 6.25. The van der Waals surface area contributed by atoms with Gasteiger partial charge in [-0.15, -0.1) is 0 Å². The third kappa shape index (κ3) is 4.85. The zero-order chi connectivity index (χ0) is 24.0. The molecule has 4 aliphatic rings. The summed E-state index contributed by atoms with van der Waals surface area (Å²) in [6.07, 6.45) is 3.44. The lowest BCUT2D eigenvalue weighted by molar-refractivity contribution is -0.185. The third-order valence-corrected chi connectivity index (χ3v) is 8.19. The Bertz CT molecular complexity index is 876. The van der Waals surface area contributed by atoms with E-state index in [1.165, 1.54) is 13.3 Å². The lowest BCUT2D eigenvalue weighted by Crippen LogP contribution is -2.63. The second-order valence-corrected chi connectivity index (χ2v) is 11.6. The zero-order valence-corrected chi connectivity index (χ0v) is 20.9. The molecule has 3 saturated carbocycles. The summed E-state index contributed by atoms with van der Waals surface area (Å²) in [6, 6.07) is 9.11. The standard InChI is InChI=1S/C26H39BN2O4/c1-16(2)12-22(27-32-23-20-14-19(25(20,4)5)15-26(23,6)33-27)29-24(31)21(28-17(3)30)13-18-10-8-7-9-11-18/h7-11,16,19-23H,12-15H2,1-6H3,(H,28,30)(H,29,31)/t19-,20+,21+,22+,23-,26+/m1/s1. The topological polar surface area (TPSA) is 76.7 Å². The van der Waals surface area contributed by atoms with Crippen molar-refractivity contribution < 1.29 is 18.9 Å². The number of nitrogens with one attached hydrogen (secondary N) is 2. The molecule has 0 unspecified atom stereocenters. The molecule has 180 valence electrons. The summed E-state index contributed by atoms with van der Waals surface area (Å²) in [5, 5.41) is 6.02. The summed E-state index contributed by atoms with van der Waals surface area (Å²) in [4.78, 5) is 25.2. The van der Waals surface area contributed by atoms with Crippen LogP contribution in [0.1, 0.15) is 66.4 Å². The van der Waals surface area contributed by atoms with E-state index in [-0.39, 0.29) is 34.9 Å². The number of benzene rings is 1.